The predicted octanol–water partition coefficient (Wildman–Crippen LogP) is 2.65. The molecule has 0 aliphatic rings. The molecule has 0 saturated carbocycles. The monoisotopic (exact) mass is 319 g/mol. The molecule has 0 aliphatic heterocycles. The predicted molar refractivity (Wildman–Crippen MR) is 92.3 cm³/mol. The summed E-state index contributed by atoms with van der Waals surface area (Å²) in [5.41, 5.74) is 6.45. The fourth-order valence-corrected chi connectivity index (χ4v) is 2.37. The van der Waals surface area contributed by atoms with Crippen LogP contribution in [0.15, 0.2) is 59.8 Å². The van der Waals surface area contributed by atoms with Crippen molar-refractivity contribution in [1.82, 2.24) is 20.2 Å². The zero-order valence-corrected chi connectivity index (χ0v) is 13.5. The number of pyridine rings is 1. The van der Waals surface area contributed by atoms with E-state index in [9.17, 15) is 4.79 Å². The summed E-state index contributed by atoms with van der Waals surface area (Å²) >= 11 is 0. The minimum absolute atomic E-state index is 0.322. The topological polar surface area (TPSA) is 72.2 Å². The van der Waals surface area contributed by atoms with Gasteiger partial charge in [-0.15, -0.1) is 0 Å². The Kier molecular flexibility index (Phi) is 4.47. The number of nitrogens with one attached hydrogen (secondary N) is 1. The van der Waals surface area contributed by atoms with Crippen molar-refractivity contribution in [2.24, 2.45) is 5.10 Å². The number of aryl methyl sites for hydroxylation is 1. The maximum atomic E-state index is 11.9. The van der Waals surface area contributed by atoms with Gasteiger partial charge in [0.1, 0.15) is 5.69 Å². The Morgan fingerprint density at radius 3 is 2.58 bits per heavy atom. The minimum Gasteiger partial charge on any atom is -0.266 e. The van der Waals surface area contributed by atoms with E-state index in [-0.39, 0.29) is 5.91 Å². The van der Waals surface area contributed by atoms with Crippen LogP contribution in [0, 0.1) is 13.8 Å². The van der Waals surface area contributed by atoms with Crippen LogP contribution in [0.25, 0.3) is 5.69 Å². The number of para-hydroxylation sites is 1. The number of carbonyl (C=O) groups is 1. The van der Waals surface area contributed by atoms with Crippen LogP contribution in [-0.4, -0.2) is 26.9 Å². The van der Waals surface area contributed by atoms with Crippen molar-refractivity contribution in [3.63, 3.8) is 0 Å². The first kappa shape index (κ1) is 15.6. The van der Waals surface area contributed by atoms with Crippen molar-refractivity contribution in [2.75, 3.05) is 0 Å². The number of rotatable bonds is 4. The van der Waals surface area contributed by atoms with E-state index >= 15 is 0 Å². The Labute approximate surface area is 139 Å². The summed E-state index contributed by atoms with van der Waals surface area (Å²) in [5, 5.41) is 8.57. The molecule has 3 rings (SSSR count). The molecule has 0 aliphatic carbocycles. The second-order valence-corrected chi connectivity index (χ2v) is 5.25. The standard InChI is InChI=1S/C18H17N5O/c1-13-16(12-20-21-18(24)17-10-6-7-11-19-17)14(2)23(22-13)15-8-4-3-5-9-15/h3-12H,1-2H3,(H,21,24). The van der Waals surface area contributed by atoms with Gasteiger partial charge in [0.25, 0.3) is 5.91 Å². The second-order valence-electron chi connectivity index (χ2n) is 5.25. The van der Waals surface area contributed by atoms with Crippen molar-refractivity contribution < 1.29 is 4.79 Å². The van der Waals surface area contributed by atoms with E-state index in [4.69, 9.17) is 0 Å². The van der Waals surface area contributed by atoms with Crippen LogP contribution in [0.3, 0.4) is 0 Å². The van der Waals surface area contributed by atoms with Gasteiger partial charge in [-0.05, 0) is 38.1 Å². The lowest BCUT2D eigenvalue weighted by Crippen LogP contribution is -2.18. The summed E-state index contributed by atoms with van der Waals surface area (Å²) in [6.45, 7) is 3.88. The molecule has 0 unspecified atom stereocenters. The zero-order chi connectivity index (χ0) is 16.9. The van der Waals surface area contributed by atoms with E-state index < -0.39 is 0 Å². The highest BCUT2D eigenvalue weighted by Gasteiger charge is 2.11. The Morgan fingerprint density at radius 2 is 1.88 bits per heavy atom. The lowest BCUT2D eigenvalue weighted by molar-refractivity contribution is 0.0950. The van der Waals surface area contributed by atoms with Crippen molar-refractivity contribution in [3.05, 3.63) is 77.4 Å². The third-order valence-corrected chi connectivity index (χ3v) is 3.61. The van der Waals surface area contributed by atoms with E-state index in [0.717, 1.165) is 22.6 Å². The van der Waals surface area contributed by atoms with E-state index in [1.807, 2.05) is 48.9 Å². The first-order chi connectivity index (χ1) is 11.7. The zero-order valence-electron chi connectivity index (χ0n) is 13.5. The Balaban J connectivity index is 1.78. The molecule has 2 heterocycles. The molecule has 1 N–H and O–H groups in total. The van der Waals surface area contributed by atoms with E-state index in [1.165, 1.54) is 0 Å². The number of nitrogens with zero attached hydrogens (tertiary/aromatic N) is 4. The van der Waals surface area contributed by atoms with E-state index in [2.05, 4.69) is 20.6 Å². The first-order valence-corrected chi connectivity index (χ1v) is 7.53. The van der Waals surface area contributed by atoms with Gasteiger partial charge in [0.2, 0.25) is 0 Å². The van der Waals surface area contributed by atoms with E-state index in [1.54, 1.807) is 30.6 Å². The number of hydrogen-bond donors (Lipinski definition) is 1. The molecule has 6 nitrogen and oxygen atoms in total. The molecule has 0 radical (unpaired) electrons. The maximum absolute atomic E-state index is 11.9. The molecule has 0 saturated heterocycles. The van der Waals surface area contributed by atoms with Gasteiger partial charge >= 0.3 is 0 Å². The number of hydrogen-bond acceptors (Lipinski definition) is 4. The van der Waals surface area contributed by atoms with Gasteiger partial charge in [0.15, 0.2) is 0 Å². The molecule has 0 atom stereocenters. The van der Waals surface area contributed by atoms with Crippen LogP contribution in [0.5, 0.6) is 0 Å². The third kappa shape index (κ3) is 3.22. The average Bonchev–Trinajstić information content (AvgIpc) is 2.91. The smallest absolute Gasteiger partial charge is 0.266 e. The molecule has 0 bridgehead atoms. The molecule has 2 aromatic heterocycles. The first-order valence-electron chi connectivity index (χ1n) is 7.53. The molecular formula is C18H17N5O. The fourth-order valence-electron chi connectivity index (χ4n) is 2.37. The SMILES string of the molecule is Cc1nn(-c2ccccc2)c(C)c1C=NNC(=O)c1ccccn1. The van der Waals surface area contributed by atoms with Crippen LogP contribution in [0.2, 0.25) is 0 Å². The van der Waals surface area contributed by atoms with Gasteiger partial charge in [-0.3, -0.25) is 9.78 Å². The van der Waals surface area contributed by atoms with Gasteiger partial charge in [0, 0.05) is 11.8 Å². The summed E-state index contributed by atoms with van der Waals surface area (Å²) in [7, 11) is 0. The minimum atomic E-state index is -0.349. The van der Waals surface area contributed by atoms with Crippen molar-refractivity contribution >= 4 is 12.1 Å². The highest BCUT2D eigenvalue weighted by atomic mass is 16.2. The van der Waals surface area contributed by atoms with Gasteiger partial charge in [-0.25, -0.2) is 10.1 Å². The third-order valence-electron chi connectivity index (χ3n) is 3.61. The summed E-state index contributed by atoms with van der Waals surface area (Å²) in [5.74, 6) is -0.349. The molecule has 3 aromatic rings. The van der Waals surface area contributed by atoms with Gasteiger partial charge in [0.05, 0.1) is 23.3 Å². The summed E-state index contributed by atoms with van der Waals surface area (Å²) < 4.78 is 1.86. The summed E-state index contributed by atoms with van der Waals surface area (Å²) in [4.78, 5) is 15.9. The largest absolute Gasteiger partial charge is 0.289 e. The molecule has 6 heteroatoms. The van der Waals surface area contributed by atoms with Crippen LogP contribution >= 0.6 is 0 Å². The number of aromatic nitrogens is 3. The molecule has 24 heavy (non-hydrogen) atoms. The maximum Gasteiger partial charge on any atom is 0.289 e. The molecule has 0 fully saturated rings. The van der Waals surface area contributed by atoms with E-state index in [0.29, 0.717) is 5.69 Å². The lowest BCUT2D eigenvalue weighted by atomic mass is 10.2. The van der Waals surface area contributed by atoms with Gasteiger partial charge in [-0.1, -0.05) is 24.3 Å². The highest BCUT2D eigenvalue weighted by molar-refractivity contribution is 5.93. The lowest BCUT2D eigenvalue weighted by Gasteiger charge is -2.03. The fraction of sp³-hybridized carbons (Fsp3) is 0.111. The summed E-state index contributed by atoms with van der Waals surface area (Å²) in [6, 6.07) is 15.0. The van der Waals surface area contributed by atoms with Crippen molar-refractivity contribution in [1.29, 1.82) is 0 Å². The number of benzene rings is 1. The van der Waals surface area contributed by atoms with Crippen LogP contribution in [-0.2, 0) is 0 Å². The molecule has 1 aromatic carbocycles. The Bertz CT molecular complexity index is 869. The number of hydrazone groups is 1. The highest BCUT2D eigenvalue weighted by Crippen LogP contribution is 2.15. The summed E-state index contributed by atoms with van der Waals surface area (Å²) in [6.07, 6.45) is 3.18. The normalized spacial score (nSPS) is 10.9. The Hall–Kier alpha value is -3.28. The Morgan fingerprint density at radius 1 is 1.12 bits per heavy atom. The van der Waals surface area contributed by atoms with Crippen molar-refractivity contribution in [2.45, 2.75) is 13.8 Å². The molecule has 0 spiro atoms. The number of amides is 1. The average molecular weight is 319 g/mol. The van der Waals surface area contributed by atoms with Gasteiger partial charge in [-0.2, -0.15) is 10.2 Å². The molecule has 1 amide bonds. The van der Waals surface area contributed by atoms with Crippen LogP contribution in [0.4, 0.5) is 0 Å². The quantitative estimate of drug-likeness (QED) is 0.593. The molecular weight excluding hydrogens is 302 g/mol. The number of carbonyl (C=O) groups excluding carboxylic acids is 1. The van der Waals surface area contributed by atoms with Crippen molar-refractivity contribution in [3.8, 4) is 5.69 Å². The molecule has 120 valence electrons. The van der Waals surface area contributed by atoms with Crippen LogP contribution in [0.1, 0.15) is 27.4 Å². The van der Waals surface area contributed by atoms with Gasteiger partial charge < -0.3 is 0 Å². The van der Waals surface area contributed by atoms with Crippen LogP contribution < -0.4 is 5.43 Å². The second kappa shape index (κ2) is 6.87.